The zero-order chi connectivity index (χ0) is 14.5. The van der Waals surface area contributed by atoms with Crippen molar-refractivity contribution in [2.24, 2.45) is 0 Å². The first-order valence-corrected chi connectivity index (χ1v) is 7.52. The average molecular weight is 347 g/mol. The van der Waals surface area contributed by atoms with Gasteiger partial charge in [0.25, 0.3) is 5.91 Å². The van der Waals surface area contributed by atoms with Crippen molar-refractivity contribution in [3.8, 4) is 0 Å². The number of rotatable bonds is 5. The molecule has 0 spiro atoms. The van der Waals surface area contributed by atoms with Gasteiger partial charge in [0.15, 0.2) is 0 Å². The normalized spacial score (nSPS) is 15.6. The van der Waals surface area contributed by atoms with Crippen LogP contribution in [0.5, 0.6) is 0 Å². The second kappa shape index (κ2) is 7.13. The minimum Gasteiger partial charge on any atom is -0.352 e. The van der Waals surface area contributed by atoms with E-state index in [0.717, 1.165) is 38.2 Å². The van der Waals surface area contributed by atoms with Gasteiger partial charge in [0.05, 0.1) is 0 Å². The number of carbonyl (C=O) groups excluding carboxylic acids is 1. The number of halogens is 3. The van der Waals surface area contributed by atoms with Crippen molar-refractivity contribution in [1.82, 2.24) is 10.2 Å². The second-order valence-corrected chi connectivity index (χ2v) is 5.82. The summed E-state index contributed by atoms with van der Waals surface area (Å²) in [5.74, 6) is -2.41. The van der Waals surface area contributed by atoms with E-state index in [9.17, 15) is 13.6 Å². The topological polar surface area (TPSA) is 32.3 Å². The van der Waals surface area contributed by atoms with E-state index in [1.165, 1.54) is 12.8 Å². The molecular weight excluding hydrogens is 330 g/mol. The lowest BCUT2D eigenvalue weighted by molar-refractivity contribution is 0.0943. The van der Waals surface area contributed by atoms with Gasteiger partial charge in [-0.15, -0.1) is 0 Å². The van der Waals surface area contributed by atoms with Crippen molar-refractivity contribution in [2.45, 2.75) is 19.3 Å². The van der Waals surface area contributed by atoms with Crippen LogP contribution in [0.1, 0.15) is 29.6 Å². The number of benzene rings is 1. The SMILES string of the molecule is O=C(NCCCN1CCCC1)c1c(F)cc(Br)cc1F. The fourth-order valence-electron chi connectivity index (χ4n) is 2.36. The summed E-state index contributed by atoms with van der Waals surface area (Å²) in [5.41, 5.74) is -0.519. The lowest BCUT2D eigenvalue weighted by Gasteiger charge is -2.14. The van der Waals surface area contributed by atoms with Crippen molar-refractivity contribution in [2.75, 3.05) is 26.2 Å². The van der Waals surface area contributed by atoms with Gasteiger partial charge in [-0.1, -0.05) is 15.9 Å². The molecule has 1 N–H and O–H groups in total. The Bertz CT molecular complexity index is 467. The van der Waals surface area contributed by atoms with Crippen LogP contribution in [0.2, 0.25) is 0 Å². The first kappa shape index (κ1) is 15.4. The average Bonchev–Trinajstić information content (AvgIpc) is 2.86. The van der Waals surface area contributed by atoms with E-state index in [1.54, 1.807) is 0 Å². The molecule has 1 heterocycles. The molecule has 0 atom stereocenters. The molecule has 2 rings (SSSR count). The highest BCUT2D eigenvalue weighted by Crippen LogP contribution is 2.19. The lowest BCUT2D eigenvalue weighted by atomic mass is 10.2. The van der Waals surface area contributed by atoms with Crippen molar-refractivity contribution in [3.63, 3.8) is 0 Å². The van der Waals surface area contributed by atoms with Crippen molar-refractivity contribution in [1.29, 1.82) is 0 Å². The molecule has 0 unspecified atom stereocenters. The van der Waals surface area contributed by atoms with E-state index in [1.807, 2.05) is 0 Å². The van der Waals surface area contributed by atoms with Gasteiger partial charge in [0, 0.05) is 11.0 Å². The molecule has 6 heteroatoms. The zero-order valence-corrected chi connectivity index (χ0v) is 12.7. The smallest absolute Gasteiger partial charge is 0.257 e. The van der Waals surface area contributed by atoms with Gasteiger partial charge < -0.3 is 10.2 Å². The van der Waals surface area contributed by atoms with Crippen LogP contribution in [0.25, 0.3) is 0 Å². The van der Waals surface area contributed by atoms with Crippen LogP contribution in [0.15, 0.2) is 16.6 Å². The molecule has 0 aromatic heterocycles. The van der Waals surface area contributed by atoms with E-state index in [-0.39, 0.29) is 4.47 Å². The van der Waals surface area contributed by atoms with Crippen LogP contribution < -0.4 is 5.32 Å². The van der Waals surface area contributed by atoms with Crippen LogP contribution in [-0.2, 0) is 0 Å². The molecule has 3 nitrogen and oxygen atoms in total. The monoisotopic (exact) mass is 346 g/mol. The van der Waals surface area contributed by atoms with Crippen molar-refractivity contribution in [3.05, 3.63) is 33.8 Å². The largest absolute Gasteiger partial charge is 0.352 e. The predicted octanol–water partition coefficient (Wildman–Crippen LogP) is 2.94. The Morgan fingerprint density at radius 1 is 1.25 bits per heavy atom. The summed E-state index contributed by atoms with van der Waals surface area (Å²) >= 11 is 2.98. The number of nitrogens with zero attached hydrogens (tertiary/aromatic N) is 1. The molecule has 1 aliphatic heterocycles. The van der Waals surface area contributed by atoms with Gasteiger partial charge in [-0.2, -0.15) is 0 Å². The number of likely N-dealkylation sites (tertiary alicyclic amines) is 1. The van der Waals surface area contributed by atoms with Crippen LogP contribution in [0.3, 0.4) is 0 Å². The molecule has 1 fully saturated rings. The van der Waals surface area contributed by atoms with E-state index in [2.05, 4.69) is 26.1 Å². The molecule has 0 saturated carbocycles. The second-order valence-electron chi connectivity index (χ2n) is 4.90. The Morgan fingerprint density at radius 2 is 1.85 bits per heavy atom. The molecular formula is C14H17BrF2N2O. The first-order chi connectivity index (χ1) is 9.58. The third-order valence-electron chi connectivity index (χ3n) is 3.37. The predicted molar refractivity (Wildman–Crippen MR) is 76.7 cm³/mol. The maximum absolute atomic E-state index is 13.6. The van der Waals surface area contributed by atoms with Crippen molar-refractivity contribution < 1.29 is 13.6 Å². The van der Waals surface area contributed by atoms with Gasteiger partial charge in [0.2, 0.25) is 0 Å². The zero-order valence-electron chi connectivity index (χ0n) is 11.1. The fraction of sp³-hybridized carbons (Fsp3) is 0.500. The maximum atomic E-state index is 13.6. The number of hydrogen-bond acceptors (Lipinski definition) is 2. The maximum Gasteiger partial charge on any atom is 0.257 e. The molecule has 110 valence electrons. The standard InChI is InChI=1S/C14H17BrF2N2O/c15-10-8-11(16)13(12(17)9-10)14(20)18-4-3-7-19-5-1-2-6-19/h8-9H,1-7H2,(H,18,20). The Balaban J connectivity index is 1.82. The van der Waals surface area contributed by atoms with Gasteiger partial charge in [-0.05, 0) is 51.0 Å². The minimum atomic E-state index is -0.853. The summed E-state index contributed by atoms with van der Waals surface area (Å²) < 4.78 is 27.4. The highest BCUT2D eigenvalue weighted by atomic mass is 79.9. The third-order valence-corrected chi connectivity index (χ3v) is 3.83. The Morgan fingerprint density at radius 3 is 2.45 bits per heavy atom. The molecule has 1 amide bonds. The van der Waals surface area contributed by atoms with Gasteiger partial charge in [-0.3, -0.25) is 4.79 Å². The summed E-state index contributed by atoms with van der Waals surface area (Å²) in [4.78, 5) is 14.1. The van der Waals surface area contributed by atoms with Gasteiger partial charge >= 0.3 is 0 Å². The number of nitrogens with one attached hydrogen (secondary N) is 1. The van der Waals surface area contributed by atoms with E-state index < -0.39 is 23.1 Å². The van der Waals surface area contributed by atoms with E-state index >= 15 is 0 Å². The quantitative estimate of drug-likeness (QED) is 0.831. The van der Waals surface area contributed by atoms with E-state index in [4.69, 9.17) is 0 Å². The Kier molecular flexibility index (Phi) is 5.48. The fourth-order valence-corrected chi connectivity index (χ4v) is 2.76. The molecule has 1 aliphatic rings. The molecule has 1 aromatic rings. The highest BCUT2D eigenvalue weighted by molar-refractivity contribution is 9.10. The number of hydrogen-bond donors (Lipinski definition) is 1. The molecule has 20 heavy (non-hydrogen) atoms. The molecule has 0 aliphatic carbocycles. The first-order valence-electron chi connectivity index (χ1n) is 6.73. The van der Waals surface area contributed by atoms with Crippen LogP contribution in [0, 0.1) is 11.6 Å². The lowest BCUT2D eigenvalue weighted by Crippen LogP contribution is -2.29. The number of carbonyl (C=O) groups is 1. The summed E-state index contributed by atoms with van der Waals surface area (Å²) in [7, 11) is 0. The third kappa shape index (κ3) is 3.99. The minimum absolute atomic E-state index is 0.276. The Labute approximate surface area is 125 Å². The van der Waals surface area contributed by atoms with Gasteiger partial charge in [0.1, 0.15) is 17.2 Å². The summed E-state index contributed by atoms with van der Waals surface area (Å²) in [6, 6.07) is 2.17. The highest BCUT2D eigenvalue weighted by Gasteiger charge is 2.18. The summed E-state index contributed by atoms with van der Waals surface area (Å²) in [5, 5.41) is 2.56. The molecule has 1 saturated heterocycles. The van der Waals surface area contributed by atoms with Crippen LogP contribution in [0.4, 0.5) is 8.78 Å². The molecule has 0 bridgehead atoms. The molecule has 1 aromatic carbocycles. The summed E-state index contributed by atoms with van der Waals surface area (Å²) in [6.45, 7) is 3.53. The van der Waals surface area contributed by atoms with Crippen LogP contribution >= 0.6 is 15.9 Å². The number of amides is 1. The molecule has 0 radical (unpaired) electrons. The van der Waals surface area contributed by atoms with Gasteiger partial charge in [-0.25, -0.2) is 8.78 Å². The summed E-state index contributed by atoms with van der Waals surface area (Å²) in [6.07, 6.45) is 3.23. The Hall–Kier alpha value is -1.01. The van der Waals surface area contributed by atoms with Crippen molar-refractivity contribution >= 4 is 21.8 Å². The van der Waals surface area contributed by atoms with E-state index in [0.29, 0.717) is 6.54 Å². The van der Waals surface area contributed by atoms with Crippen LogP contribution in [-0.4, -0.2) is 37.0 Å².